The molecule has 3 heteroatoms. The summed E-state index contributed by atoms with van der Waals surface area (Å²) in [4.78, 5) is 3.43. The molecule has 0 fully saturated rings. The van der Waals surface area contributed by atoms with Crippen LogP contribution in [-0.4, -0.2) is 17.4 Å². The molecule has 0 bridgehead atoms. The van der Waals surface area contributed by atoms with E-state index >= 15 is 0 Å². The Balaban J connectivity index is 2.58. The average Bonchev–Trinajstić information content (AvgIpc) is 2.13. The van der Waals surface area contributed by atoms with Crippen LogP contribution in [0, 0.1) is 5.92 Å². The molecule has 1 aliphatic rings. The highest BCUT2D eigenvalue weighted by Gasteiger charge is 2.19. The molecule has 1 atom stereocenters. The van der Waals surface area contributed by atoms with Crippen molar-refractivity contribution in [2.75, 3.05) is 7.05 Å². The molecule has 0 saturated carbocycles. The van der Waals surface area contributed by atoms with E-state index in [-0.39, 0.29) is 5.50 Å². The quantitative estimate of drug-likeness (QED) is 0.625. The van der Waals surface area contributed by atoms with Crippen molar-refractivity contribution in [3.8, 4) is 0 Å². The zero-order valence-corrected chi connectivity index (χ0v) is 7.48. The number of rotatable bonds is 1. The maximum atomic E-state index is 5.74. The first-order valence-electron chi connectivity index (χ1n) is 3.47. The van der Waals surface area contributed by atoms with E-state index in [0.29, 0.717) is 5.92 Å². The van der Waals surface area contributed by atoms with Gasteiger partial charge in [0, 0.05) is 18.2 Å². The summed E-state index contributed by atoms with van der Waals surface area (Å²) in [7, 11) is 2.01. The van der Waals surface area contributed by atoms with E-state index < -0.39 is 0 Å². The van der Waals surface area contributed by atoms with Gasteiger partial charge in [-0.3, -0.25) is 0 Å². The van der Waals surface area contributed by atoms with Crippen molar-refractivity contribution in [1.82, 2.24) is 4.90 Å². The van der Waals surface area contributed by atoms with Crippen LogP contribution in [0.3, 0.4) is 0 Å². The van der Waals surface area contributed by atoms with E-state index in [2.05, 4.69) is 20.0 Å². The van der Waals surface area contributed by atoms with Crippen LogP contribution in [-0.2, 0) is 0 Å². The monoisotopic (exact) mass is 158 g/mol. The van der Waals surface area contributed by atoms with Gasteiger partial charge in [-0.2, -0.15) is 0 Å². The van der Waals surface area contributed by atoms with Gasteiger partial charge in [-0.15, -0.1) is 0 Å². The van der Waals surface area contributed by atoms with Crippen molar-refractivity contribution in [3.63, 3.8) is 0 Å². The van der Waals surface area contributed by atoms with Gasteiger partial charge in [0.2, 0.25) is 0 Å². The lowest BCUT2D eigenvalue weighted by Crippen LogP contribution is -2.28. The Morgan fingerprint density at radius 2 is 2.30 bits per heavy atom. The second-order valence-electron chi connectivity index (χ2n) is 2.86. The normalized spacial score (nSPS) is 25.9. The number of hydrogen-bond donors (Lipinski definition) is 1. The number of allylic oxidation sites excluding steroid dienone is 1. The van der Waals surface area contributed by atoms with Gasteiger partial charge in [0.05, 0.1) is 0 Å². The second-order valence-corrected chi connectivity index (χ2v) is 4.05. The van der Waals surface area contributed by atoms with E-state index in [9.17, 15) is 0 Å². The smallest absolute Gasteiger partial charge is 0.129 e. The lowest BCUT2D eigenvalue weighted by molar-refractivity contribution is 0.444. The van der Waals surface area contributed by atoms with Crippen molar-refractivity contribution < 1.29 is 0 Å². The molecular weight excluding hydrogens is 144 g/mol. The van der Waals surface area contributed by atoms with Crippen LogP contribution in [0.5, 0.6) is 0 Å². The molecular formula is C7H14N2S. The largest absolute Gasteiger partial charge is 0.356 e. The van der Waals surface area contributed by atoms with E-state index in [1.165, 1.54) is 4.91 Å². The SMILES string of the molecule is CC(C)C1=CN(C)C(N)S1. The Bertz CT molecular complexity index is 154. The lowest BCUT2D eigenvalue weighted by atomic mass is 10.2. The zero-order valence-electron chi connectivity index (χ0n) is 6.66. The summed E-state index contributed by atoms with van der Waals surface area (Å²) >= 11 is 1.75. The highest BCUT2D eigenvalue weighted by atomic mass is 32.2. The summed E-state index contributed by atoms with van der Waals surface area (Å²) in [5, 5.41) is 0. The molecule has 0 aromatic rings. The molecule has 1 heterocycles. The summed E-state index contributed by atoms with van der Waals surface area (Å²) < 4.78 is 0. The van der Waals surface area contributed by atoms with Gasteiger partial charge < -0.3 is 10.6 Å². The van der Waals surface area contributed by atoms with Crippen LogP contribution >= 0.6 is 11.8 Å². The molecule has 0 saturated heterocycles. The van der Waals surface area contributed by atoms with E-state index in [1.54, 1.807) is 11.8 Å². The first-order chi connectivity index (χ1) is 4.61. The van der Waals surface area contributed by atoms with Crippen LogP contribution in [0.2, 0.25) is 0 Å². The highest BCUT2D eigenvalue weighted by molar-refractivity contribution is 8.03. The summed E-state index contributed by atoms with van der Waals surface area (Å²) in [5.74, 6) is 0.612. The molecule has 10 heavy (non-hydrogen) atoms. The minimum atomic E-state index is 0.136. The number of hydrogen-bond acceptors (Lipinski definition) is 3. The minimum Gasteiger partial charge on any atom is -0.356 e. The van der Waals surface area contributed by atoms with Crippen LogP contribution < -0.4 is 5.73 Å². The van der Waals surface area contributed by atoms with Gasteiger partial charge in [0.25, 0.3) is 0 Å². The number of nitrogens with zero attached hydrogens (tertiary/aromatic N) is 1. The predicted molar refractivity (Wildman–Crippen MR) is 46.3 cm³/mol. The fraction of sp³-hybridized carbons (Fsp3) is 0.714. The van der Waals surface area contributed by atoms with Gasteiger partial charge in [0.15, 0.2) is 0 Å². The summed E-state index contributed by atoms with van der Waals surface area (Å²) in [6.07, 6.45) is 2.12. The third kappa shape index (κ3) is 1.47. The molecule has 58 valence electrons. The van der Waals surface area contributed by atoms with Gasteiger partial charge >= 0.3 is 0 Å². The van der Waals surface area contributed by atoms with Crippen LogP contribution in [0.1, 0.15) is 13.8 Å². The molecule has 0 aliphatic carbocycles. The third-order valence-electron chi connectivity index (χ3n) is 1.56. The van der Waals surface area contributed by atoms with Gasteiger partial charge in [-0.05, 0) is 5.92 Å². The standard InChI is InChI=1S/C7H14N2S/c1-5(2)6-4-9(3)7(8)10-6/h4-5,7H,8H2,1-3H3. The number of thioether (sulfide) groups is 1. The predicted octanol–water partition coefficient (Wildman–Crippen LogP) is 1.40. The van der Waals surface area contributed by atoms with Gasteiger partial charge in [-0.1, -0.05) is 25.6 Å². The molecule has 1 unspecified atom stereocenters. The van der Waals surface area contributed by atoms with Crippen molar-refractivity contribution in [1.29, 1.82) is 0 Å². The molecule has 0 aromatic carbocycles. The van der Waals surface area contributed by atoms with E-state index in [0.717, 1.165) is 0 Å². The van der Waals surface area contributed by atoms with Gasteiger partial charge in [0.1, 0.15) is 5.50 Å². The van der Waals surface area contributed by atoms with Crippen molar-refractivity contribution in [2.24, 2.45) is 11.7 Å². The molecule has 2 nitrogen and oxygen atoms in total. The summed E-state index contributed by atoms with van der Waals surface area (Å²) in [5.41, 5.74) is 5.88. The van der Waals surface area contributed by atoms with Crippen LogP contribution in [0.15, 0.2) is 11.1 Å². The molecule has 2 N–H and O–H groups in total. The Kier molecular flexibility index (Phi) is 2.26. The average molecular weight is 158 g/mol. The van der Waals surface area contributed by atoms with Gasteiger partial charge in [-0.25, -0.2) is 0 Å². The summed E-state index contributed by atoms with van der Waals surface area (Å²) in [6, 6.07) is 0. The Hall–Kier alpha value is -0.150. The van der Waals surface area contributed by atoms with Crippen molar-refractivity contribution in [3.05, 3.63) is 11.1 Å². The second kappa shape index (κ2) is 2.84. The van der Waals surface area contributed by atoms with Crippen LogP contribution in [0.4, 0.5) is 0 Å². The minimum absolute atomic E-state index is 0.136. The first-order valence-corrected chi connectivity index (χ1v) is 4.35. The lowest BCUT2D eigenvalue weighted by Gasteiger charge is -2.13. The number of nitrogens with two attached hydrogens (primary N) is 1. The summed E-state index contributed by atoms with van der Waals surface area (Å²) in [6.45, 7) is 4.37. The maximum absolute atomic E-state index is 5.74. The topological polar surface area (TPSA) is 29.3 Å². The molecule has 0 aromatic heterocycles. The highest BCUT2D eigenvalue weighted by Crippen LogP contribution is 2.33. The van der Waals surface area contributed by atoms with Crippen LogP contribution in [0.25, 0.3) is 0 Å². The fourth-order valence-corrected chi connectivity index (χ4v) is 1.82. The van der Waals surface area contributed by atoms with E-state index in [4.69, 9.17) is 5.73 Å². The molecule has 1 rings (SSSR count). The fourth-order valence-electron chi connectivity index (χ4n) is 0.812. The molecule has 1 aliphatic heterocycles. The van der Waals surface area contributed by atoms with Crippen molar-refractivity contribution >= 4 is 11.8 Å². The molecule has 0 radical (unpaired) electrons. The Morgan fingerprint density at radius 3 is 2.50 bits per heavy atom. The molecule has 0 amide bonds. The maximum Gasteiger partial charge on any atom is 0.129 e. The Morgan fingerprint density at radius 1 is 1.70 bits per heavy atom. The zero-order chi connectivity index (χ0) is 7.72. The van der Waals surface area contributed by atoms with E-state index in [1.807, 2.05) is 11.9 Å². The third-order valence-corrected chi connectivity index (χ3v) is 2.98. The van der Waals surface area contributed by atoms with Crippen molar-refractivity contribution in [2.45, 2.75) is 19.3 Å². The molecule has 0 spiro atoms. The first kappa shape index (κ1) is 7.95. The Labute approximate surface area is 66.5 Å².